The van der Waals surface area contributed by atoms with E-state index in [9.17, 15) is 0 Å². The average Bonchev–Trinajstić information content (AvgIpc) is 2.89. The van der Waals surface area contributed by atoms with E-state index in [1.165, 1.54) is 0 Å². The summed E-state index contributed by atoms with van der Waals surface area (Å²) in [4.78, 5) is 0. The molecule has 19 heavy (non-hydrogen) atoms. The Morgan fingerprint density at radius 1 is 1.32 bits per heavy atom. The summed E-state index contributed by atoms with van der Waals surface area (Å²) in [6, 6.07) is 12.5. The first kappa shape index (κ1) is 12.9. The lowest BCUT2D eigenvalue weighted by molar-refractivity contribution is 1.02. The van der Waals surface area contributed by atoms with Crippen LogP contribution in [-0.4, -0.2) is 4.57 Å². The molecule has 2 rings (SSSR count). The summed E-state index contributed by atoms with van der Waals surface area (Å²) >= 11 is 5.85. The Morgan fingerprint density at radius 3 is 2.58 bits per heavy atom. The fourth-order valence-electron chi connectivity index (χ4n) is 1.71. The van der Waals surface area contributed by atoms with Crippen LogP contribution < -0.4 is 5.73 Å². The monoisotopic (exact) mass is 271 g/mol. The van der Waals surface area contributed by atoms with Crippen molar-refractivity contribution < 1.29 is 0 Å². The van der Waals surface area contributed by atoms with Crippen LogP contribution in [0, 0.1) is 16.9 Å². The Hall–Kier alpha value is -2.58. The lowest BCUT2D eigenvalue weighted by Crippen LogP contribution is -2.03. The molecule has 94 valence electrons. The number of hydrogen-bond acceptors (Lipinski definition) is 4. The number of allylic oxidation sites excluding steroid dienone is 1. The fraction of sp³-hybridized carbons (Fsp3) is 0. The van der Waals surface area contributed by atoms with Crippen molar-refractivity contribution in [1.29, 1.82) is 10.8 Å². The third-order valence-corrected chi connectivity index (χ3v) is 2.84. The molecule has 0 spiro atoms. The standard InChI is InChI=1S/C13H10ClN5/c14-9-3-5-10(6-4-9)19-7-1-2-12(19)13(18-17)11(16)8-15/h1-7,17H,16H2/b13-11-,18-17?. The van der Waals surface area contributed by atoms with E-state index < -0.39 is 0 Å². The van der Waals surface area contributed by atoms with Gasteiger partial charge in [-0.15, -0.1) is 0 Å². The summed E-state index contributed by atoms with van der Waals surface area (Å²) < 4.78 is 1.79. The summed E-state index contributed by atoms with van der Waals surface area (Å²) in [5.41, 5.74) is 14.2. The Labute approximate surface area is 115 Å². The zero-order valence-electron chi connectivity index (χ0n) is 9.84. The van der Waals surface area contributed by atoms with Crippen LogP contribution in [0.4, 0.5) is 0 Å². The summed E-state index contributed by atoms with van der Waals surface area (Å²) in [5.74, 6) is 0. The molecule has 0 aliphatic carbocycles. The lowest BCUT2D eigenvalue weighted by Gasteiger charge is -2.09. The van der Waals surface area contributed by atoms with E-state index in [2.05, 4.69) is 5.11 Å². The number of benzene rings is 1. The zero-order chi connectivity index (χ0) is 13.8. The largest absolute Gasteiger partial charge is 0.388 e. The van der Waals surface area contributed by atoms with Gasteiger partial charge in [-0.3, -0.25) is 0 Å². The van der Waals surface area contributed by atoms with Gasteiger partial charge in [0.15, 0.2) is 0 Å². The Kier molecular flexibility index (Phi) is 3.64. The molecular weight excluding hydrogens is 262 g/mol. The Bertz CT molecular complexity index is 676. The molecule has 2 aromatic rings. The minimum Gasteiger partial charge on any atom is -0.388 e. The van der Waals surface area contributed by atoms with Gasteiger partial charge in [-0.05, 0) is 36.4 Å². The first-order valence-corrected chi connectivity index (χ1v) is 5.76. The smallest absolute Gasteiger partial charge is 0.143 e. The van der Waals surface area contributed by atoms with Crippen LogP contribution in [0.3, 0.4) is 0 Å². The van der Waals surface area contributed by atoms with Crippen molar-refractivity contribution in [3.8, 4) is 11.8 Å². The van der Waals surface area contributed by atoms with Crippen LogP contribution in [0.15, 0.2) is 53.4 Å². The van der Waals surface area contributed by atoms with Crippen LogP contribution in [-0.2, 0) is 0 Å². The minimum atomic E-state index is -0.0936. The van der Waals surface area contributed by atoms with Crippen molar-refractivity contribution in [2.45, 2.75) is 0 Å². The molecule has 1 aromatic heterocycles. The van der Waals surface area contributed by atoms with Crippen molar-refractivity contribution in [3.05, 3.63) is 59.0 Å². The second-order valence-corrected chi connectivity index (χ2v) is 4.16. The molecule has 0 amide bonds. The van der Waals surface area contributed by atoms with Crippen LogP contribution in [0.2, 0.25) is 5.02 Å². The minimum absolute atomic E-state index is 0.0936. The van der Waals surface area contributed by atoms with Crippen LogP contribution >= 0.6 is 11.6 Å². The van der Waals surface area contributed by atoms with E-state index in [1.807, 2.05) is 12.1 Å². The molecule has 3 N–H and O–H groups in total. The number of aromatic nitrogens is 1. The normalized spacial score (nSPS) is 11.6. The fourth-order valence-corrected chi connectivity index (χ4v) is 1.84. The number of nitriles is 1. The molecule has 0 saturated carbocycles. The predicted octanol–water partition coefficient (Wildman–Crippen LogP) is 3.31. The number of nitrogens with two attached hydrogens (primary N) is 1. The van der Waals surface area contributed by atoms with E-state index in [0.29, 0.717) is 10.7 Å². The maximum atomic E-state index is 8.83. The summed E-state index contributed by atoms with van der Waals surface area (Å²) in [6.07, 6.45) is 1.80. The third kappa shape index (κ3) is 2.49. The zero-order valence-corrected chi connectivity index (χ0v) is 10.6. The Morgan fingerprint density at radius 2 is 2.00 bits per heavy atom. The molecule has 0 radical (unpaired) electrons. The van der Waals surface area contributed by atoms with E-state index >= 15 is 0 Å². The van der Waals surface area contributed by atoms with Gasteiger partial charge in [0.25, 0.3) is 0 Å². The van der Waals surface area contributed by atoms with Crippen LogP contribution in [0.1, 0.15) is 5.69 Å². The van der Waals surface area contributed by atoms with Crippen molar-refractivity contribution in [2.75, 3.05) is 0 Å². The van der Waals surface area contributed by atoms with E-state index in [1.54, 1.807) is 41.1 Å². The molecule has 1 heterocycles. The maximum absolute atomic E-state index is 8.83. The molecule has 0 saturated heterocycles. The van der Waals surface area contributed by atoms with E-state index in [4.69, 9.17) is 28.1 Å². The van der Waals surface area contributed by atoms with Crippen molar-refractivity contribution in [3.63, 3.8) is 0 Å². The van der Waals surface area contributed by atoms with Gasteiger partial charge in [0.2, 0.25) is 0 Å². The summed E-state index contributed by atoms with van der Waals surface area (Å²) in [6.45, 7) is 0. The quantitative estimate of drug-likeness (QED) is 0.662. The number of nitrogens with one attached hydrogen (secondary N) is 1. The second-order valence-electron chi connectivity index (χ2n) is 3.73. The molecule has 0 bridgehead atoms. The summed E-state index contributed by atoms with van der Waals surface area (Å²) in [5, 5.41) is 12.8. The highest BCUT2D eigenvalue weighted by molar-refractivity contribution is 6.30. The van der Waals surface area contributed by atoms with E-state index in [0.717, 1.165) is 5.69 Å². The van der Waals surface area contributed by atoms with Gasteiger partial charge in [0.1, 0.15) is 17.5 Å². The van der Waals surface area contributed by atoms with Gasteiger partial charge in [-0.25, -0.2) is 5.53 Å². The molecule has 6 heteroatoms. The van der Waals surface area contributed by atoms with Crippen LogP contribution in [0.5, 0.6) is 0 Å². The molecular formula is C13H10ClN5. The van der Waals surface area contributed by atoms with Gasteiger partial charge in [-0.2, -0.15) is 10.4 Å². The van der Waals surface area contributed by atoms with Gasteiger partial charge in [-0.1, -0.05) is 11.6 Å². The lowest BCUT2D eigenvalue weighted by atomic mass is 10.2. The molecule has 0 fully saturated rings. The van der Waals surface area contributed by atoms with E-state index in [-0.39, 0.29) is 11.4 Å². The van der Waals surface area contributed by atoms with Crippen LogP contribution in [0.25, 0.3) is 11.4 Å². The Balaban J connectivity index is 2.58. The number of hydrogen-bond donors (Lipinski definition) is 2. The molecule has 0 aliphatic heterocycles. The van der Waals surface area contributed by atoms with Gasteiger partial charge >= 0.3 is 0 Å². The van der Waals surface area contributed by atoms with Gasteiger partial charge in [0, 0.05) is 16.9 Å². The molecule has 1 aromatic carbocycles. The predicted molar refractivity (Wildman–Crippen MR) is 72.6 cm³/mol. The first-order valence-electron chi connectivity index (χ1n) is 5.38. The number of halogens is 1. The van der Waals surface area contributed by atoms with Crippen molar-refractivity contribution in [1.82, 2.24) is 4.57 Å². The highest BCUT2D eigenvalue weighted by atomic mass is 35.5. The number of rotatable bonds is 3. The number of nitrogens with zero attached hydrogens (tertiary/aromatic N) is 3. The van der Waals surface area contributed by atoms with Crippen molar-refractivity contribution >= 4 is 17.3 Å². The van der Waals surface area contributed by atoms with Gasteiger partial charge < -0.3 is 10.3 Å². The molecule has 0 aliphatic rings. The molecule has 0 unspecified atom stereocenters. The highest BCUT2D eigenvalue weighted by Gasteiger charge is 2.11. The van der Waals surface area contributed by atoms with Crippen molar-refractivity contribution in [2.24, 2.45) is 10.8 Å². The topological polar surface area (TPSA) is 91.0 Å². The first-order chi connectivity index (χ1) is 9.17. The molecule has 0 atom stereocenters. The summed E-state index contributed by atoms with van der Waals surface area (Å²) in [7, 11) is 0. The second kappa shape index (κ2) is 5.38. The maximum Gasteiger partial charge on any atom is 0.143 e. The molecule has 5 nitrogen and oxygen atoms in total. The SMILES string of the molecule is N#C/C(N)=C(/N=N)c1cccn1-c1ccc(Cl)cc1. The average molecular weight is 272 g/mol. The van der Waals surface area contributed by atoms with Gasteiger partial charge in [0.05, 0.1) is 5.69 Å². The highest BCUT2D eigenvalue weighted by Crippen LogP contribution is 2.23. The third-order valence-electron chi connectivity index (χ3n) is 2.58.